The maximum absolute atomic E-state index is 13.7. The summed E-state index contributed by atoms with van der Waals surface area (Å²) in [5.41, 5.74) is 8.75. The van der Waals surface area contributed by atoms with Crippen LogP contribution in [0.15, 0.2) is 23.3 Å². The van der Waals surface area contributed by atoms with Crippen LogP contribution in [-0.2, 0) is 16.1 Å². The van der Waals surface area contributed by atoms with Crippen molar-refractivity contribution >= 4 is 23.5 Å². The average Bonchev–Trinajstić information content (AvgIpc) is 3.04. The Bertz CT molecular complexity index is 740. The highest BCUT2D eigenvalue weighted by Crippen LogP contribution is 2.18. The minimum Gasteiger partial charge on any atom is -0.475 e. The van der Waals surface area contributed by atoms with Gasteiger partial charge in [0.05, 0.1) is 17.1 Å². The van der Waals surface area contributed by atoms with Gasteiger partial charge in [-0.25, -0.2) is 9.18 Å². The van der Waals surface area contributed by atoms with Crippen LogP contribution in [0.2, 0.25) is 5.02 Å². The summed E-state index contributed by atoms with van der Waals surface area (Å²) in [5, 5.41) is 16.3. The number of hydrogen-bond donors (Lipinski definition) is 3. The summed E-state index contributed by atoms with van der Waals surface area (Å²) in [6.45, 7) is 0.639. The molecule has 2 atom stereocenters. The van der Waals surface area contributed by atoms with Gasteiger partial charge in [0.25, 0.3) is 0 Å². The smallest absolute Gasteiger partial charge is 0.475 e. The second-order valence-electron chi connectivity index (χ2n) is 5.23. The number of carbonyl (C=O) groups excluding carboxylic acids is 1. The quantitative estimate of drug-likeness (QED) is 0.304. The third-order valence-electron chi connectivity index (χ3n) is 3.40. The Morgan fingerprint density at radius 1 is 1.44 bits per heavy atom. The minimum atomic E-state index is -5.08. The molecule has 1 saturated heterocycles. The van der Waals surface area contributed by atoms with Gasteiger partial charge in [0, 0.05) is 17.0 Å². The zero-order valence-corrected chi connectivity index (χ0v) is 14.3. The molecule has 27 heavy (non-hydrogen) atoms. The first-order valence-electron chi connectivity index (χ1n) is 7.36. The molecule has 0 spiro atoms. The van der Waals surface area contributed by atoms with Gasteiger partial charge >= 0.3 is 12.1 Å². The maximum atomic E-state index is 13.7. The van der Waals surface area contributed by atoms with E-state index in [1.807, 2.05) is 0 Å². The molecular weight excluding hydrogens is 398 g/mol. The van der Waals surface area contributed by atoms with E-state index in [2.05, 4.69) is 20.7 Å². The van der Waals surface area contributed by atoms with Crippen molar-refractivity contribution in [2.45, 2.75) is 31.2 Å². The van der Waals surface area contributed by atoms with Gasteiger partial charge < -0.3 is 15.7 Å². The van der Waals surface area contributed by atoms with E-state index in [0.717, 1.165) is 0 Å². The summed E-state index contributed by atoms with van der Waals surface area (Å²) in [6, 6.07) is 3.62. The van der Waals surface area contributed by atoms with Crippen molar-refractivity contribution in [3.05, 3.63) is 45.0 Å². The van der Waals surface area contributed by atoms with Gasteiger partial charge in [-0.15, -0.1) is 0 Å². The molecule has 148 valence electrons. The van der Waals surface area contributed by atoms with Crippen LogP contribution in [0.4, 0.5) is 17.6 Å². The first-order valence-corrected chi connectivity index (χ1v) is 7.74. The molecule has 2 rings (SSSR count). The molecule has 13 heteroatoms. The predicted molar refractivity (Wildman–Crippen MR) is 86.3 cm³/mol. The first kappa shape index (κ1) is 22.5. The molecule has 0 aliphatic carbocycles. The lowest BCUT2D eigenvalue weighted by molar-refractivity contribution is -0.192. The molecule has 1 fully saturated rings. The van der Waals surface area contributed by atoms with Gasteiger partial charge in [-0.3, -0.25) is 4.79 Å². The predicted octanol–water partition coefficient (Wildman–Crippen LogP) is 2.77. The largest absolute Gasteiger partial charge is 0.490 e. The Labute approximate surface area is 155 Å². The summed E-state index contributed by atoms with van der Waals surface area (Å²) < 4.78 is 45.4. The van der Waals surface area contributed by atoms with Crippen molar-refractivity contribution in [3.63, 3.8) is 0 Å². The highest BCUT2D eigenvalue weighted by molar-refractivity contribution is 6.30. The van der Waals surface area contributed by atoms with Gasteiger partial charge in [-0.05, 0) is 24.6 Å². The lowest BCUT2D eigenvalue weighted by Gasteiger charge is -2.15. The Morgan fingerprint density at radius 2 is 2.07 bits per heavy atom. The molecule has 1 aromatic carbocycles. The number of carboxylic acid groups (broad SMARTS) is 1. The Kier molecular flexibility index (Phi) is 8.29. The van der Waals surface area contributed by atoms with E-state index in [0.29, 0.717) is 18.5 Å². The van der Waals surface area contributed by atoms with Crippen LogP contribution >= 0.6 is 11.6 Å². The number of hydrogen-bond acceptors (Lipinski definition) is 4. The highest BCUT2D eigenvalue weighted by atomic mass is 35.5. The molecule has 3 N–H and O–H groups in total. The summed E-state index contributed by atoms with van der Waals surface area (Å²) >= 11 is 5.67. The molecule has 8 nitrogen and oxygen atoms in total. The number of nitrogens with one attached hydrogen (secondary N) is 2. The second kappa shape index (κ2) is 9.95. The number of benzene rings is 1. The van der Waals surface area contributed by atoms with Gasteiger partial charge in [0.15, 0.2) is 0 Å². The number of alkyl halides is 3. The monoisotopic (exact) mass is 411 g/mol. The minimum absolute atomic E-state index is 0.0164. The van der Waals surface area contributed by atoms with Gasteiger partial charge in [0.1, 0.15) is 5.82 Å². The summed E-state index contributed by atoms with van der Waals surface area (Å²) in [4.78, 5) is 23.6. The fraction of sp³-hybridized carbons (Fsp3) is 0.429. The molecule has 0 saturated carbocycles. The number of halogens is 5. The third kappa shape index (κ3) is 6.93. The van der Waals surface area contributed by atoms with E-state index >= 15 is 0 Å². The Morgan fingerprint density at radius 3 is 2.63 bits per heavy atom. The number of aliphatic carboxylic acids is 1. The first-order chi connectivity index (χ1) is 12.6. The van der Waals surface area contributed by atoms with E-state index < -0.39 is 30.0 Å². The van der Waals surface area contributed by atoms with Crippen LogP contribution < -0.4 is 10.6 Å². The number of carbonyl (C=O) groups is 2. The van der Waals surface area contributed by atoms with Crippen molar-refractivity contribution < 1.29 is 32.3 Å². The second-order valence-corrected chi connectivity index (χ2v) is 5.63. The summed E-state index contributed by atoms with van der Waals surface area (Å²) in [6.07, 6.45) is -4.48. The van der Waals surface area contributed by atoms with E-state index in [1.54, 1.807) is 12.1 Å². The highest BCUT2D eigenvalue weighted by Gasteiger charge is 2.38. The lowest BCUT2D eigenvalue weighted by atomic mass is 10.1. The number of azide groups is 1. The summed E-state index contributed by atoms with van der Waals surface area (Å²) in [5.74, 6) is -3.62. The zero-order valence-electron chi connectivity index (χ0n) is 13.5. The van der Waals surface area contributed by atoms with Crippen molar-refractivity contribution in [2.24, 2.45) is 5.11 Å². The van der Waals surface area contributed by atoms with Crippen LogP contribution in [0.25, 0.3) is 10.4 Å². The third-order valence-corrected chi connectivity index (χ3v) is 3.69. The van der Waals surface area contributed by atoms with Crippen LogP contribution in [0, 0.1) is 5.82 Å². The topological polar surface area (TPSA) is 127 Å². The van der Waals surface area contributed by atoms with Crippen LogP contribution in [-0.4, -0.2) is 41.8 Å². The molecule has 0 unspecified atom stereocenters. The number of carboxylic acids is 1. The van der Waals surface area contributed by atoms with E-state index in [4.69, 9.17) is 27.0 Å². The Hall–Kier alpha value is -2.56. The number of nitrogens with zero attached hydrogens (tertiary/aromatic N) is 3. The van der Waals surface area contributed by atoms with Crippen molar-refractivity contribution in [1.29, 1.82) is 0 Å². The van der Waals surface area contributed by atoms with Crippen LogP contribution in [0.3, 0.4) is 0 Å². The number of amides is 1. The normalized spacial score (nSPS) is 18.7. The molecule has 1 amide bonds. The molecule has 0 radical (unpaired) electrons. The molecule has 1 aliphatic heterocycles. The number of rotatable bonds is 4. The van der Waals surface area contributed by atoms with Gasteiger partial charge in [-0.2, -0.15) is 13.2 Å². The molecule has 0 aromatic heterocycles. The van der Waals surface area contributed by atoms with Crippen molar-refractivity contribution in [2.75, 3.05) is 6.54 Å². The van der Waals surface area contributed by atoms with E-state index in [-0.39, 0.29) is 17.5 Å². The van der Waals surface area contributed by atoms with Crippen molar-refractivity contribution in [3.8, 4) is 0 Å². The van der Waals surface area contributed by atoms with Crippen LogP contribution in [0.5, 0.6) is 0 Å². The average molecular weight is 412 g/mol. The van der Waals surface area contributed by atoms with Crippen molar-refractivity contribution in [1.82, 2.24) is 10.6 Å². The van der Waals surface area contributed by atoms with Gasteiger partial charge in [0.2, 0.25) is 5.91 Å². The molecule has 1 heterocycles. The van der Waals surface area contributed by atoms with Gasteiger partial charge in [-0.1, -0.05) is 28.8 Å². The summed E-state index contributed by atoms with van der Waals surface area (Å²) in [7, 11) is 0. The van der Waals surface area contributed by atoms with Crippen LogP contribution in [0.1, 0.15) is 12.0 Å². The molecule has 0 bridgehead atoms. The lowest BCUT2D eigenvalue weighted by Crippen LogP contribution is -2.45. The SMILES string of the molecule is O=C(O)C(F)(F)F.[N-]=[N+]=N[C@H]1CCN[C@@H]1C(=O)NCc1cccc(Cl)c1F. The van der Waals surface area contributed by atoms with E-state index in [9.17, 15) is 22.4 Å². The molecule has 1 aliphatic rings. The molecule has 1 aromatic rings. The maximum Gasteiger partial charge on any atom is 0.490 e. The fourth-order valence-electron chi connectivity index (χ4n) is 2.12. The fourth-order valence-corrected chi connectivity index (χ4v) is 2.32. The zero-order chi connectivity index (χ0) is 20.6. The Balaban J connectivity index is 0.000000445. The van der Waals surface area contributed by atoms with E-state index in [1.165, 1.54) is 6.07 Å². The molecular formula is C14H14ClF4N5O3. The standard InChI is InChI=1S/C12H13ClFN5O.C2HF3O2/c13-8-3-1-2-7(10(8)14)6-17-12(20)11-9(18-19-15)4-5-16-11;3-2(4,5)1(6)7/h1-3,9,11,16H,4-6H2,(H,17,20);(H,6,7)/t9-,11-;/m0./s1.